The molecule has 3 atom stereocenters. The van der Waals surface area contributed by atoms with Gasteiger partial charge >= 0.3 is 0 Å². The number of hydrogen-bond donors (Lipinski definition) is 4. The van der Waals surface area contributed by atoms with Crippen LogP contribution in [0.2, 0.25) is 0 Å². The van der Waals surface area contributed by atoms with Crippen molar-refractivity contribution < 1.29 is 29.0 Å². The third kappa shape index (κ3) is 6.50. The van der Waals surface area contributed by atoms with Gasteiger partial charge < -0.3 is 25.7 Å². The molecule has 3 amide bonds. The minimum absolute atomic E-state index is 0.0948. The molecular weight excluding hydrogens is 497 g/mol. The van der Waals surface area contributed by atoms with Crippen molar-refractivity contribution in [2.24, 2.45) is 0 Å². The van der Waals surface area contributed by atoms with Crippen molar-refractivity contribution in [3.8, 4) is 5.75 Å². The summed E-state index contributed by atoms with van der Waals surface area (Å²) in [4.78, 5) is 40.9. The van der Waals surface area contributed by atoms with Gasteiger partial charge in [0.2, 0.25) is 5.91 Å². The Bertz CT molecular complexity index is 1170. The third-order valence-electron chi connectivity index (χ3n) is 6.34. The molecule has 1 aliphatic rings. The van der Waals surface area contributed by atoms with Gasteiger partial charge in [0, 0.05) is 28.5 Å². The molecule has 37 heavy (non-hydrogen) atoms. The van der Waals surface area contributed by atoms with Crippen LogP contribution in [-0.4, -0.2) is 68.2 Å². The van der Waals surface area contributed by atoms with Gasteiger partial charge in [0.25, 0.3) is 11.8 Å². The molecule has 198 valence electrons. The molecule has 0 saturated carbocycles. The van der Waals surface area contributed by atoms with Crippen molar-refractivity contribution in [1.82, 2.24) is 15.5 Å². The Labute approximate surface area is 219 Å². The predicted molar refractivity (Wildman–Crippen MR) is 141 cm³/mol. The summed E-state index contributed by atoms with van der Waals surface area (Å²) in [6.07, 6.45) is -0.0702. The number of phenols is 1. The lowest BCUT2D eigenvalue weighted by molar-refractivity contribution is -0.147. The quantitative estimate of drug-likeness (QED) is 0.371. The average Bonchev–Trinajstić information content (AvgIpc) is 3.18. The van der Waals surface area contributed by atoms with E-state index in [9.17, 15) is 29.0 Å². The zero-order chi connectivity index (χ0) is 27.3. The lowest BCUT2D eigenvalue weighted by Crippen LogP contribution is -2.58. The van der Waals surface area contributed by atoms with Gasteiger partial charge in [0.15, 0.2) is 6.10 Å². The van der Waals surface area contributed by atoms with E-state index in [2.05, 4.69) is 17.2 Å². The first-order chi connectivity index (χ1) is 17.5. The van der Waals surface area contributed by atoms with E-state index in [4.69, 9.17) is 0 Å². The molecule has 0 aromatic heterocycles. The van der Waals surface area contributed by atoms with Gasteiger partial charge in [0.1, 0.15) is 17.6 Å². The largest absolute Gasteiger partial charge is 0.508 e. The van der Waals surface area contributed by atoms with Gasteiger partial charge in [-0.1, -0.05) is 36.4 Å². The van der Waals surface area contributed by atoms with Gasteiger partial charge in [0.05, 0.1) is 11.9 Å². The number of halogens is 1. The van der Waals surface area contributed by atoms with Crippen LogP contribution in [0.3, 0.4) is 0 Å². The minimum Gasteiger partial charge on any atom is -0.508 e. The fourth-order valence-corrected chi connectivity index (χ4v) is 5.42. The number of amides is 3. The Morgan fingerprint density at radius 1 is 1.27 bits per heavy atom. The third-order valence-corrected chi connectivity index (χ3v) is 7.71. The molecule has 1 heterocycles. The first-order valence-electron chi connectivity index (χ1n) is 11.8. The van der Waals surface area contributed by atoms with Crippen LogP contribution < -0.4 is 10.6 Å². The Kier molecular flexibility index (Phi) is 8.98. The first-order valence-corrected chi connectivity index (χ1v) is 12.8. The van der Waals surface area contributed by atoms with Crippen molar-refractivity contribution in [3.05, 3.63) is 77.6 Å². The summed E-state index contributed by atoms with van der Waals surface area (Å²) in [6, 6.07) is 8.90. The van der Waals surface area contributed by atoms with Gasteiger partial charge in [-0.05, 0) is 38.8 Å². The number of carbonyl (C=O) groups is 3. The molecule has 0 spiro atoms. The lowest BCUT2D eigenvalue weighted by Gasteiger charge is -2.33. The van der Waals surface area contributed by atoms with Gasteiger partial charge in [-0.15, -0.1) is 18.3 Å². The topological polar surface area (TPSA) is 119 Å². The highest BCUT2D eigenvalue weighted by molar-refractivity contribution is 8.00. The second-order valence-electron chi connectivity index (χ2n) is 9.43. The standard InChI is InChI=1S/C27H32FN3O5S/c1-5-11-29-25(35)23-27(3,4)37-15-31(23)26(36)22(33)20(12-17-9-7-6-8-10-17)30-24(34)19-13-18(28)14-21(32)16(19)2/h5-10,13-14,20,22-23,32-33H,1,11-12,15H2,2-4H3,(H,29,35)(H,30,34)/t20-,22-,23+/m0/s1. The molecule has 0 aliphatic carbocycles. The van der Waals surface area contributed by atoms with E-state index < -0.39 is 40.6 Å². The molecular formula is C27H32FN3O5S. The van der Waals surface area contributed by atoms with Gasteiger partial charge in [-0.25, -0.2) is 4.39 Å². The molecule has 2 aromatic rings. The summed E-state index contributed by atoms with van der Waals surface area (Å²) in [5, 5.41) is 26.6. The predicted octanol–water partition coefficient (Wildman–Crippen LogP) is 2.52. The number of aliphatic hydroxyl groups is 1. The highest BCUT2D eigenvalue weighted by Gasteiger charge is 2.49. The first kappa shape index (κ1) is 28.2. The number of carbonyl (C=O) groups excluding carboxylic acids is 3. The zero-order valence-corrected chi connectivity index (χ0v) is 21.8. The van der Waals surface area contributed by atoms with E-state index in [1.807, 2.05) is 19.9 Å². The molecule has 3 rings (SSSR count). The van der Waals surface area contributed by atoms with E-state index in [0.29, 0.717) is 0 Å². The van der Waals surface area contributed by atoms with Crippen molar-refractivity contribution in [3.63, 3.8) is 0 Å². The summed E-state index contributed by atoms with van der Waals surface area (Å²) in [6.45, 7) is 8.98. The molecule has 8 nitrogen and oxygen atoms in total. The zero-order valence-electron chi connectivity index (χ0n) is 21.0. The SMILES string of the molecule is C=CCNC(=O)[C@H]1N(C(=O)[C@@H](O)[C@H](Cc2ccccc2)NC(=O)c2cc(F)cc(O)c2C)CSC1(C)C. The van der Waals surface area contributed by atoms with Gasteiger partial charge in [-0.2, -0.15) is 0 Å². The van der Waals surface area contributed by atoms with Crippen molar-refractivity contribution in [1.29, 1.82) is 0 Å². The fourth-order valence-electron chi connectivity index (χ4n) is 4.28. The van der Waals surface area contributed by atoms with E-state index in [1.54, 1.807) is 24.3 Å². The van der Waals surface area contributed by atoms with Crippen LogP contribution >= 0.6 is 11.8 Å². The number of aliphatic hydroxyl groups excluding tert-OH is 1. The van der Waals surface area contributed by atoms with Crippen LogP contribution in [0.1, 0.15) is 35.3 Å². The molecule has 0 unspecified atom stereocenters. The molecule has 1 aliphatic heterocycles. The summed E-state index contributed by atoms with van der Waals surface area (Å²) in [5.74, 6) is -2.84. The van der Waals surface area contributed by atoms with Crippen LogP contribution in [0, 0.1) is 12.7 Å². The van der Waals surface area contributed by atoms with Crippen molar-refractivity contribution in [2.45, 2.75) is 50.1 Å². The van der Waals surface area contributed by atoms with Crippen LogP contribution in [-0.2, 0) is 16.0 Å². The summed E-state index contributed by atoms with van der Waals surface area (Å²) < 4.78 is 13.3. The highest BCUT2D eigenvalue weighted by atomic mass is 32.2. The maximum atomic E-state index is 13.9. The van der Waals surface area contributed by atoms with Crippen LogP contribution in [0.15, 0.2) is 55.1 Å². The number of nitrogens with zero attached hydrogens (tertiary/aromatic N) is 1. The number of benzene rings is 2. The van der Waals surface area contributed by atoms with Crippen LogP contribution in [0.5, 0.6) is 5.75 Å². The molecule has 10 heteroatoms. The minimum atomic E-state index is -1.70. The fraction of sp³-hybridized carbons (Fsp3) is 0.370. The number of aromatic hydroxyl groups is 1. The maximum Gasteiger partial charge on any atom is 0.254 e. The van der Waals surface area contributed by atoms with E-state index >= 15 is 0 Å². The number of rotatable bonds is 9. The molecule has 2 aromatic carbocycles. The summed E-state index contributed by atoms with van der Waals surface area (Å²) >= 11 is 1.41. The van der Waals surface area contributed by atoms with Gasteiger partial charge in [-0.3, -0.25) is 14.4 Å². The highest BCUT2D eigenvalue weighted by Crippen LogP contribution is 2.39. The van der Waals surface area contributed by atoms with E-state index in [0.717, 1.165) is 17.7 Å². The summed E-state index contributed by atoms with van der Waals surface area (Å²) in [7, 11) is 0. The molecule has 1 fully saturated rings. The Morgan fingerprint density at radius 3 is 2.59 bits per heavy atom. The van der Waals surface area contributed by atoms with E-state index in [-0.39, 0.29) is 41.6 Å². The second kappa shape index (κ2) is 11.8. The Morgan fingerprint density at radius 2 is 1.95 bits per heavy atom. The number of hydrogen-bond acceptors (Lipinski definition) is 6. The van der Waals surface area contributed by atoms with Crippen molar-refractivity contribution in [2.75, 3.05) is 12.4 Å². The smallest absolute Gasteiger partial charge is 0.254 e. The Hall–Kier alpha value is -3.37. The van der Waals surface area contributed by atoms with Crippen LogP contribution in [0.4, 0.5) is 4.39 Å². The molecule has 1 saturated heterocycles. The molecule has 0 bridgehead atoms. The molecule has 4 N–H and O–H groups in total. The van der Waals surface area contributed by atoms with E-state index in [1.165, 1.54) is 29.7 Å². The second-order valence-corrected chi connectivity index (χ2v) is 11.0. The Balaban J connectivity index is 1.90. The maximum absolute atomic E-state index is 13.9. The van der Waals surface area contributed by atoms with Crippen molar-refractivity contribution >= 4 is 29.5 Å². The number of nitrogens with one attached hydrogen (secondary N) is 2. The average molecular weight is 530 g/mol. The molecule has 0 radical (unpaired) electrons. The monoisotopic (exact) mass is 529 g/mol. The number of thioether (sulfide) groups is 1. The lowest BCUT2D eigenvalue weighted by atomic mass is 9.96. The normalized spacial score (nSPS) is 18.1. The van der Waals surface area contributed by atoms with Crippen LogP contribution in [0.25, 0.3) is 0 Å². The number of phenolic OH excluding ortho intramolecular Hbond substituents is 1. The summed E-state index contributed by atoms with van der Waals surface area (Å²) in [5.41, 5.74) is 0.791.